The maximum absolute atomic E-state index is 13.9. The number of aryl methyl sites for hydroxylation is 1. The van der Waals surface area contributed by atoms with Gasteiger partial charge in [-0.1, -0.05) is 18.2 Å². The molecule has 224 valence electrons. The molecule has 0 bridgehead atoms. The number of carbonyl (C=O) groups excluding carboxylic acids is 2. The Kier molecular flexibility index (Phi) is 9.45. The molecule has 13 heteroatoms. The number of para-hydroxylation sites is 1. The number of nitrogens with zero attached hydrogens (tertiary/aromatic N) is 2. The van der Waals surface area contributed by atoms with Crippen LogP contribution in [0.1, 0.15) is 38.3 Å². The molecule has 0 fully saturated rings. The van der Waals surface area contributed by atoms with E-state index < -0.39 is 36.4 Å². The summed E-state index contributed by atoms with van der Waals surface area (Å²) in [6.07, 6.45) is 0.626. The van der Waals surface area contributed by atoms with Gasteiger partial charge in [-0.25, -0.2) is 14.6 Å². The summed E-state index contributed by atoms with van der Waals surface area (Å²) >= 11 is 0. The Labute approximate surface area is 246 Å². The second-order valence-electron chi connectivity index (χ2n) is 9.59. The largest absolute Gasteiger partial charge is 0.497 e. The Morgan fingerprint density at radius 1 is 1.07 bits per heavy atom. The summed E-state index contributed by atoms with van der Waals surface area (Å²) in [5.74, 6) is -4.25. The number of amides is 1. The van der Waals surface area contributed by atoms with Crippen LogP contribution < -0.4 is 25.7 Å². The molecule has 0 radical (unpaired) electrons. The topological polar surface area (TPSA) is 204 Å². The summed E-state index contributed by atoms with van der Waals surface area (Å²) in [6.45, 7) is -0.811. The van der Waals surface area contributed by atoms with E-state index in [1.807, 2.05) is 0 Å². The predicted molar refractivity (Wildman–Crippen MR) is 154 cm³/mol. The third-order valence-electron chi connectivity index (χ3n) is 6.63. The lowest BCUT2D eigenvalue weighted by Crippen LogP contribution is -2.48. The third kappa shape index (κ3) is 7.38. The van der Waals surface area contributed by atoms with E-state index in [9.17, 15) is 29.4 Å². The van der Waals surface area contributed by atoms with Crippen LogP contribution in [0.15, 0.2) is 65.7 Å². The molecule has 0 aliphatic carbocycles. The van der Waals surface area contributed by atoms with Gasteiger partial charge < -0.3 is 40.8 Å². The fourth-order valence-electron chi connectivity index (χ4n) is 4.65. The smallest absolute Gasteiger partial charge is 0.343 e. The number of carboxylic acids is 2. The van der Waals surface area contributed by atoms with E-state index in [4.69, 9.17) is 25.7 Å². The van der Waals surface area contributed by atoms with Crippen LogP contribution in [0.4, 0.5) is 5.69 Å². The number of methoxy groups -OCH3 is 1. The molecular formula is C30H30N4O9. The van der Waals surface area contributed by atoms with Crippen molar-refractivity contribution in [3.63, 3.8) is 0 Å². The van der Waals surface area contributed by atoms with Crippen LogP contribution >= 0.6 is 0 Å². The molecule has 3 aromatic carbocycles. The highest BCUT2D eigenvalue weighted by Gasteiger charge is 2.34. The van der Waals surface area contributed by atoms with Crippen molar-refractivity contribution in [2.24, 2.45) is 16.5 Å². The summed E-state index contributed by atoms with van der Waals surface area (Å²) in [5.41, 5.74) is 12.7. The van der Waals surface area contributed by atoms with Crippen molar-refractivity contribution in [3.05, 3.63) is 82.9 Å². The van der Waals surface area contributed by atoms with E-state index in [0.717, 1.165) is 4.90 Å². The normalized spacial score (nSPS) is 13.2. The maximum Gasteiger partial charge on any atom is 0.343 e. The fourth-order valence-corrected chi connectivity index (χ4v) is 4.65. The molecule has 1 aliphatic rings. The fraction of sp³-hybridized carbons (Fsp3) is 0.233. The molecule has 1 amide bonds. The lowest BCUT2D eigenvalue weighted by atomic mass is 10.0. The van der Waals surface area contributed by atoms with Gasteiger partial charge >= 0.3 is 17.9 Å². The van der Waals surface area contributed by atoms with Gasteiger partial charge in [0.15, 0.2) is 17.5 Å². The number of nitrogens with two attached hydrogens (primary N) is 2. The van der Waals surface area contributed by atoms with Gasteiger partial charge in [0.2, 0.25) is 0 Å². The van der Waals surface area contributed by atoms with Crippen molar-refractivity contribution < 1.29 is 43.6 Å². The van der Waals surface area contributed by atoms with Gasteiger partial charge in [-0.3, -0.25) is 9.59 Å². The first kappa shape index (κ1) is 30.4. The second-order valence-corrected chi connectivity index (χ2v) is 9.59. The number of benzene rings is 3. The SMILES string of the molecule is COc1ccc(C[C@@H](C(=O)O)N(CC(=O)O)C(=O)c2cccc3c2OCCCc2cc(N=C(N)N)ccc2C(=O)O3)cc1. The van der Waals surface area contributed by atoms with Crippen LogP contribution in [0.3, 0.4) is 0 Å². The average molecular weight is 591 g/mol. The molecule has 0 aromatic heterocycles. The predicted octanol–water partition coefficient (Wildman–Crippen LogP) is 2.37. The molecule has 0 saturated carbocycles. The number of carboxylic acid groups (broad SMARTS) is 2. The highest BCUT2D eigenvalue weighted by Crippen LogP contribution is 2.35. The van der Waals surface area contributed by atoms with E-state index in [1.165, 1.54) is 31.4 Å². The molecule has 4 rings (SSSR count). The van der Waals surface area contributed by atoms with Crippen molar-refractivity contribution in [1.29, 1.82) is 0 Å². The zero-order chi connectivity index (χ0) is 31.1. The molecule has 1 atom stereocenters. The van der Waals surface area contributed by atoms with Crippen molar-refractivity contribution in [3.8, 4) is 17.2 Å². The highest BCUT2D eigenvalue weighted by atomic mass is 16.6. The number of aliphatic carboxylic acids is 2. The summed E-state index contributed by atoms with van der Waals surface area (Å²) in [5, 5.41) is 19.7. The minimum atomic E-state index is -1.54. The first-order valence-electron chi connectivity index (χ1n) is 13.2. The molecule has 3 aromatic rings. The Morgan fingerprint density at radius 2 is 1.81 bits per heavy atom. The van der Waals surface area contributed by atoms with Crippen molar-refractivity contribution >= 4 is 35.5 Å². The summed E-state index contributed by atoms with van der Waals surface area (Å²) in [6, 6.07) is 13.9. The number of aliphatic imine (C=N–C) groups is 1. The van der Waals surface area contributed by atoms with E-state index in [-0.39, 0.29) is 41.6 Å². The molecule has 0 spiro atoms. The van der Waals surface area contributed by atoms with Crippen LogP contribution in [0.25, 0.3) is 0 Å². The molecule has 6 N–H and O–H groups in total. The van der Waals surface area contributed by atoms with E-state index in [1.54, 1.807) is 36.4 Å². The Balaban J connectivity index is 1.70. The lowest BCUT2D eigenvalue weighted by molar-refractivity contribution is -0.144. The number of ether oxygens (including phenoxy) is 3. The number of rotatable bonds is 9. The van der Waals surface area contributed by atoms with E-state index in [2.05, 4.69) is 4.99 Å². The van der Waals surface area contributed by atoms with Crippen LogP contribution in [-0.2, 0) is 22.4 Å². The number of fused-ring (bicyclic) bond motifs is 2. The standard InChI is InChI=1S/C30H30N4O9/c1-41-20-10-7-17(8-11-20)14-23(28(38)39)34(16-25(35)36)27(37)22-5-2-6-24-26(22)42-13-3-4-18-15-19(33-30(31)32)9-12-21(18)29(40)43-24/h2,5-12,15,23H,3-4,13-14,16H2,1H3,(H,35,36)(H,38,39)(H4,31,32,33)/t23-/m0/s1. The van der Waals surface area contributed by atoms with Gasteiger partial charge in [-0.2, -0.15) is 0 Å². The Bertz CT molecular complexity index is 1570. The van der Waals surface area contributed by atoms with E-state index in [0.29, 0.717) is 35.4 Å². The zero-order valence-electron chi connectivity index (χ0n) is 23.2. The summed E-state index contributed by atoms with van der Waals surface area (Å²) in [7, 11) is 1.49. The molecular weight excluding hydrogens is 560 g/mol. The van der Waals surface area contributed by atoms with Gasteiger partial charge in [0, 0.05) is 6.42 Å². The van der Waals surface area contributed by atoms with Gasteiger partial charge in [0.25, 0.3) is 5.91 Å². The van der Waals surface area contributed by atoms with Gasteiger partial charge in [0.05, 0.1) is 30.5 Å². The third-order valence-corrected chi connectivity index (χ3v) is 6.63. The van der Waals surface area contributed by atoms with Crippen LogP contribution in [-0.4, -0.2) is 71.2 Å². The van der Waals surface area contributed by atoms with Gasteiger partial charge in [-0.05, 0) is 66.4 Å². The molecule has 1 heterocycles. The quantitative estimate of drug-likeness (QED) is 0.123. The summed E-state index contributed by atoms with van der Waals surface area (Å²) in [4.78, 5) is 56.0. The minimum Gasteiger partial charge on any atom is -0.497 e. The Hall–Kier alpha value is -5.59. The lowest BCUT2D eigenvalue weighted by Gasteiger charge is -2.29. The number of esters is 1. The van der Waals surface area contributed by atoms with Crippen LogP contribution in [0.5, 0.6) is 17.2 Å². The molecule has 13 nitrogen and oxygen atoms in total. The molecule has 1 aliphatic heterocycles. The summed E-state index contributed by atoms with van der Waals surface area (Å²) < 4.78 is 16.7. The maximum atomic E-state index is 13.9. The Morgan fingerprint density at radius 3 is 2.47 bits per heavy atom. The molecule has 0 unspecified atom stereocenters. The number of hydrogen-bond acceptors (Lipinski definition) is 8. The van der Waals surface area contributed by atoms with Crippen molar-refractivity contribution in [2.45, 2.75) is 25.3 Å². The molecule has 0 saturated heterocycles. The van der Waals surface area contributed by atoms with Gasteiger partial charge in [0.1, 0.15) is 18.3 Å². The van der Waals surface area contributed by atoms with Crippen LogP contribution in [0, 0.1) is 0 Å². The monoisotopic (exact) mass is 590 g/mol. The van der Waals surface area contributed by atoms with Gasteiger partial charge in [-0.15, -0.1) is 0 Å². The van der Waals surface area contributed by atoms with Crippen LogP contribution in [0.2, 0.25) is 0 Å². The second kappa shape index (κ2) is 13.4. The first-order chi connectivity index (χ1) is 20.6. The number of hydrogen-bond donors (Lipinski definition) is 4. The zero-order valence-corrected chi connectivity index (χ0v) is 23.2. The number of guanidine groups is 1. The van der Waals surface area contributed by atoms with Crippen molar-refractivity contribution in [2.75, 3.05) is 20.3 Å². The van der Waals surface area contributed by atoms with Crippen molar-refractivity contribution in [1.82, 2.24) is 4.90 Å². The number of carbonyl (C=O) groups is 4. The van der Waals surface area contributed by atoms with E-state index >= 15 is 0 Å². The average Bonchev–Trinajstić information content (AvgIpc) is 2.96. The highest BCUT2D eigenvalue weighted by molar-refractivity contribution is 6.02. The minimum absolute atomic E-state index is 0.0886. The first-order valence-corrected chi connectivity index (χ1v) is 13.2. The molecule has 43 heavy (non-hydrogen) atoms.